The summed E-state index contributed by atoms with van der Waals surface area (Å²) >= 11 is 0. The van der Waals surface area contributed by atoms with Crippen molar-refractivity contribution >= 4 is 0 Å². The fourth-order valence-corrected chi connectivity index (χ4v) is 1.99. The standard InChI is InChI=1S/C15H11F5O2/c1-21-9-6-7-11(14(16)17)12(8-9)10-4-2-3-5-13(10)22-15(18,19)20/h2-8,14H,1H3. The van der Waals surface area contributed by atoms with E-state index in [1.54, 1.807) is 0 Å². The van der Waals surface area contributed by atoms with Gasteiger partial charge in [0.2, 0.25) is 0 Å². The zero-order valence-electron chi connectivity index (χ0n) is 11.3. The van der Waals surface area contributed by atoms with Crippen LogP contribution in [0, 0.1) is 0 Å². The largest absolute Gasteiger partial charge is 0.573 e. The Morgan fingerprint density at radius 1 is 0.955 bits per heavy atom. The maximum atomic E-state index is 13.1. The van der Waals surface area contributed by atoms with Crippen molar-refractivity contribution in [1.82, 2.24) is 0 Å². The number of ether oxygens (including phenoxy) is 2. The van der Waals surface area contributed by atoms with Crippen LogP contribution in [0.25, 0.3) is 11.1 Å². The molecule has 7 heteroatoms. The maximum Gasteiger partial charge on any atom is 0.573 e. The topological polar surface area (TPSA) is 18.5 Å². The normalized spacial score (nSPS) is 11.6. The van der Waals surface area contributed by atoms with E-state index < -0.39 is 24.1 Å². The lowest BCUT2D eigenvalue weighted by Gasteiger charge is -2.16. The summed E-state index contributed by atoms with van der Waals surface area (Å²) in [4.78, 5) is 0. The third-order valence-corrected chi connectivity index (χ3v) is 2.90. The lowest BCUT2D eigenvalue weighted by Crippen LogP contribution is -2.17. The summed E-state index contributed by atoms with van der Waals surface area (Å²) in [7, 11) is 1.33. The van der Waals surface area contributed by atoms with Gasteiger partial charge in [-0.25, -0.2) is 8.78 Å². The molecule has 2 rings (SSSR count). The first-order chi connectivity index (χ1) is 10.3. The van der Waals surface area contributed by atoms with Crippen LogP contribution in [-0.2, 0) is 0 Å². The van der Waals surface area contributed by atoms with E-state index in [0.717, 1.165) is 12.1 Å². The van der Waals surface area contributed by atoms with Crippen molar-refractivity contribution in [1.29, 1.82) is 0 Å². The van der Waals surface area contributed by atoms with Crippen LogP contribution in [0.3, 0.4) is 0 Å². The van der Waals surface area contributed by atoms with E-state index >= 15 is 0 Å². The molecule has 0 fully saturated rings. The zero-order chi connectivity index (χ0) is 16.3. The van der Waals surface area contributed by atoms with Crippen molar-refractivity contribution in [2.75, 3.05) is 7.11 Å². The van der Waals surface area contributed by atoms with Crippen LogP contribution in [0.5, 0.6) is 11.5 Å². The van der Waals surface area contributed by atoms with E-state index in [2.05, 4.69) is 4.74 Å². The van der Waals surface area contributed by atoms with Gasteiger partial charge in [0.05, 0.1) is 7.11 Å². The second-order valence-electron chi connectivity index (χ2n) is 4.30. The van der Waals surface area contributed by atoms with E-state index in [9.17, 15) is 22.0 Å². The smallest absolute Gasteiger partial charge is 0.497 e. The molecule has 0 N–H and O–H groups in total. The monoisotopic (exact) mass is 318 g/mol. The number of para-hydroxylation sites is 1. The maximum absolute atomic E-state index is 13.1. The van der Waals surface area contributed by atoms with Crippen molar-refractivity contribution in [2.24, 2.45) is 0 Å². The van der Waals surface area contributed by atoms with Gasteiger partial charge in [-0.2, -0.15) is 0 Å². The fraction of sp³-hybridized carbons (Fsp3) is 0.200. The average molecular weight is 318 g/mol. The Morgan fingerprint density at radius 3 is 2.23 bits per heavy atom. The fourth-order valence-electron chi connectivity index (χ4n) is 1.99. The lowest BCUT2D eigenvalue weighted by atomic mass is 9.98. The number of hydrogen-bond donors (Lipinski definition) is 0. The Hall–Kier alpha value is -2.31. The summed E-state index contributed by atoms with van der Waals surface area (Å²) in [5, 5.41) is 0. The summed E-state index contributed by atoms with van der Waals surface area (Å²) in [6, 6.07) is 8.79. The molecule has 0 heterocycles. The molecule has 0 aliphatic rings. The van der Waals surface area contributed by atoms with E-state index in [-0.39, 0.29) is 16.9 Å². The average Bonchev–Trinajstić information content (AvgIpc) is 2.45. The molecular weight excluding hydrogens is 307 g/mol. The number of alkyl halides is 5. The van der Waals surface area contributed by atoms with Crippen molar-refractivity contribution in [2.45, 2.75) is 12.8 Å². The molecule has 0 bridgehead atoms. The highest BCUT2D eigenvalue weighted by atomic mass is 19.4. The van der Waals surface area contributed by atoms with Crippen molar-refractivity contribution in [3.63, 3.8) is 0 Å². The van der Waals surface area contributed by atoms with Crippen LogP contribution in [0.4, 0.5) is 22.0 Å². The quantitative estimate of drug-likeness (QED) is 0.722. The van der Waals surface area contributed by atoms with Gasteiger partial charge in [-0.05, 0) is 29.8 Å². The number of benzene rings is 2. The molecule has 0 spiro atoms. The van der Waals surface area contributed by atoms with Gasteiger partial charge in [0, 0.05) is 11.1 Å². The van der Waals surface area contributed by atoms with Crippen LogP contribution in [0.2, 0.25) is 0 Å². The van der Waals surface area contributed by atoms with Crippen LogP contribution < -0.4 is 9.47 Å². The van der Waals surface area contributed by atoms with Crippen LogP contribution in [0.15, 0.2) is 42.5 Å². The van der Waals surface area contributed by atoms with Gasteiger partial charge in [-0.3, -0.25) is 0 Å². The minimum Gasteiger partial charge on any atom is -0.497 e. The summed E-state index contributed by atoms with van der Waals surface area (Å²) in [5.74, 6) is -0.300. The van der Waals surface area contributed by atoms with Crippen molar-refractivity contribution in [3.8, 4) is 22.6 Å². The van der Waals surface area contributed by atoms with Gasteiger partial charge in [0.15, 0.2) is 0 Å². The highest BCUT2D eigenvalue weighted by Crippen LogP contribution is 2.40. The first-order valence-electron chi connectivity index (χ1n) is 6.13. The molecule has 0 saturated heterocycles. The molecule has 2 aromatic carbocycles. The second kappa shape index (κ2) is 6.21. The molecule has 118 valence electrons. The van der Waals surface area contributed by atoms with Crippen molar-refractivity contribution < 1.29 is 31.4 Å². The predicted octanol–water partition coefficient (Wildman–Crippen LogP) is 5.20. The summed E-state index contributed by atoms with van der Waals surface area (Å²) in [6.45, 7) is 0. The Balaban J connectivity index is 2.60. The highest BCUT2D eigenvalue weighted by Gasteiger charge is 2.32. The summed E-state index contributed by atoms with van der Waals surface area (Å²) in [5.41, 5.74) is -0.567. The van der Waals surface area contributed by atoms with Crippen LogP contribution in [0.1, 0.15) is 12.0 Å². The van der Waals surface area contributed by atoms with E-state index in [4.69, 9.17) is 4.74 Å². The molecule has 0 amide bonds. The molecule has 0 unspecified atom stereocenters. The minimum absolute atomic E-state index is 0.0748. The number of halogens is 5. The van der Waals surface area contributed by atoms with Gasteiger partial charge in [0.1, 0.15) is 11.5 Å². The summed E-state index contributed by atoms with van der Waals surface area (Å²) < 4.78 is 72.4. The molecule has 2 nitrogen and oxygen atoms in total. The van der Waals surface area contributed by atoms with E-state index in [1.165, 1.54) is 37.4 Å². The third-order valence-electron chi connectivity index (χ3n) is 2.90. The number of rotatable bonds is 4. The Labute approximate surface area is 123 Å². The van der Waals surface area contributed by atoms with E-state index in [0.29, 0.717) is 0 Å². The minimum atomic E-state index is -4.92. The third kappa shape index (κ3) is 3.66. The molecule has 0 saturated carbocycles. The second-order valence-corrected chi connectivity index (χ2v) is 4.30. The van der Waals surface area contributed by atoms with Gasteiger partial charge in [-0.15, -0.1) is 13.2 Å². The molecule has 22 heavy (non-hydrogen) atoms. The zero-order valence-corrected chi connectivity index (χ0v) is 11.3. The highest BCUT2D eigenvalue weighted by molar-refractivity contribution is 5.75. The lowest BCUT2D eigenvalue weighted by molar-refractivity contribution is -0.274. The Morgan fingerprint density at radius 2 is 1.64 bits per heavy atom. The molecule has 0 radical (unpaired) electrons. The molecule has 2 aromatic rings. The first kappa shape index (κ1) is 16.1. The Bertz CT molecular complexity index is 653. The van der Waals surface area contributed by atoms with Gasteiger partial charge >= 0.3 is 6.36 Å². The molecule has 0 aliphatic heterocycles. The Kier molecular flexibility index (Phi) is 4.54. The SMILES string of the molecule is COc1ccc(C(F)F)c(-c2ccccc2OC(F)(F)F)c1. The first-order valence-corrected chi connectivity index (χ1v) is 6.13. The molecular formula is C15H11F5O2. The molecule has 0 aliphatic carbocycles. The van der Waals surface area contributed by atoms with Gasteiger partial charge in [0.25, 0.3) is 6.43 Å². The van der Waals surface area contributed by atoms with Gasteiger partial charge in [-0.1, -0.05) is 18.2 Å². The summed E-state index contributed by atoms with van der Waals surface area (Å²) in [6.07, 6.45) is -7.76. The molecule has 0 aromatic heterocycles. The van der Waals surface area contributed by atoms with Crippen LogP contribution >= 0.6 is 0 Å². The van der Waals surface area contributed by atoms with Gasteiger partial charge < -0.3 is 9.47 Å². The predicted molar refractivity (Wildman–Crippen MR) is 70.1 cm³/mol. The molecule has 0 atom stereocenters. The number of hydrogen-bond acceptors (Lipinski definition) is 2. The number of methoxy groups -OCH3 is 1. The van der Waals surface area contributed by atoms with E-state index in [1.807, 2.05) is 0 Å². The van der Waals surface area contributed by atoms with Crippen LogP contribution in [-0.4, -0.2) is 13.5 Å². The van der Waals surface area contributed by atoms with Crippen molar-refractivity contribution in [3.05, 3.63) is 48.0 Å².